The highest BCUT2D eigenvalue weighted by Crippen LogP contribution is 2.44. The largest absolute Gasteiger partial charge is 0.358 e. The molecule has 5 rings (SSSR count). The standard InChI is InChI=1S/C20H22BN5S/c1-12-7-15(8-16-19(12)24-13(2)23-16)18-10-26-9-17(25-20(26)27-18)14-3-5-21(11-22)6-4-14/h7-10,14,20,25H,3-6H2,1-2H3,(H,23,24). The topological polar surface area (TPSA) is 67.7 Å². The summed E-state index contributed by atoms with van der Waals surface area (Å²) < 4.78 is 0. The number of allylic oxidation sites excluding steroid dienone is 1. The first kappa shape index (κ1) is 16.8. The van der Waals surface area contributed by atoms with E-state index < -0.39 is 0 Å². The van der Waals surface area contributed by atoms with E-state index in [2.05, 4.69) is 57.6 Å². The number of H-pyrrole nitrogens is 1. The number of aromatic amines is 1. The molecule has 2 aromatic rings. The lowest BCUT2D eigenvalue weighted by Crippen LogP contribution is -2.30. The van der Waals surface area contributed by atoms with Gasteiger partial charge in [-0.3, -0.25) is 0 Å². The number of nitriles is 1. The molecule has 0 saturated carbocycles. The minimum absolute atomic E-state index is 0.253. The van der Waals surface area contributed by atoms with Crippen molar-refractivity contribution in [2.75, 3.05) is 0 Å². The third-order valence-corrected chi connectivity index (χ3v) is 7.06. The van der Waals surface area contributed by atoms with Crippen LogP contribution in [-0.2, 0) is 0 Å². The average Bonchev–Trinajstić information content (AvgIpc) is 3.34. The van der Waals surface area contributed by atoms with Crippen LogP contribution in [0.25, 0.3) is 15.9 Å². The molecule has 136 valence electrons. The molecule has 7 heteroatoms. The van der Waals surface area contributed by atoms with Gasteiger partial charge in [-0.1, -0.05) is 37.2 Å². The number of hydrogen-bond acceptors (Lipinski definition) is 5. The van der Waals surface area contributed by atoms with Crippen molar-refractivity contribution in [2.24, 2.45) is 5.92 Å². The second-order valence-corrected chi connectivity index (χ2v) is 8.95. The maximum Gasteiger partial charge on any atom is 0.267 e. The van der Waals surface area contributed by atoms with Crippen LogP contribution in [-0.4, -0.2) is 27.1 Å². The van der Waals surface area contributed by atoms with Gasteiger partial charge in [-0.2, -0.15) is 0 Å². The van der Waals surface area contributed by atoms with Crippen LogP contribution < -0.4 is 5.32 Å². The minimum Gasteiger partial charge on any atom is -0.358 e. The van der Waals surface area contributed by atoms with Crippen molar-refractivity contribution in [3.8, 4) is 5.97 Å². The predicted octanol–water partition coefficient (Wildman–Crippen LogP) is 4.22. The highest BCUT2D eigenvalue weighted by molar-refractivity contribution is 8.09. The van der Waals surface area contributed by atoms with Gasteiger partial charge in [-0.25, -0.2) is 10.2 Å². The number of aromatic nitrogens is 2. The quantitative estimate of drug-likeness (QED) is 0.770. The predicted molar refractivity (Wildman–Crippen MR) is 112 cm³/mol. The van der Waals surface area contributed by atoms with Gasteiger partial charge < -0.3 is 15.2 Å². The molecule has 1 fully saturated rings. The molecule has 0 radical (unpaired) electrons. The van der Waals surface area contributed by atoms with Gasteiger partial charge >= 0.3 is 0 Å². The van der Waals surface area contributed by atoms with Gasteiger partial charge in [0.15, 0.2) is 5.50 Å². The molecule has 0 bridgehead atoms. The lowest BCUT2D eigenvalue weighted by Gasteiger charge is -2.25. The fourth-order valence-corrected chi connectivity index (χ4v) is 5.53. The lowest BCUT2D eigenvalue weighted by molar-refractivity contribution is 0.472. The molecule has 1 aromatic carbocycles. The Morgan fingerprint density at radius 2 is 2.07 bits per heavy atom. The van der Waals surface area contributed by atoms with Crippen molar-refractivity contribution in [1.29, 1.82) is 5.26 Å². The second-order valence-electron chi connectivity index (χ2n) is 7.83. The van der Waals surface area contributed by atoms with E-state index in [0.717, 1.165) is 42.3 Å². The van der Waals surface area contributed by atoms with Crippen LogP contribution in [0.3, 0.4) is 0 Å². The number of rotatable bonds is 2. The Labute approximate surface area is 164 Å². The highest BCUT2D eigenvalue weighted by Gasteiger charge is 2.35. The Morgan fingerprint density at radius 3 is 2.81 bits per heavy atom. The van der Waals surface area contributed by atoms with Crippen molar-refractivity contribution in [2.45, 2.75) is 44.8 Å². The third-order valence-electron chi connectivity index (χ3n) is 5.88. The van der Waals surface area contributed by atoms with Crippen molar-refractivity contribution in [3.05, 3.63) is 47.2 Å². The van der Waals surface area contributed by atoms with Crippen molar-refractivity contribution in [3.63, 3.8) is 0 Å². The number of thioether (sulfide) groups is 1. The molecule has 0 aliphatic carbocycles. The zero-order valence-corrected chi connectivity index (χ0v) is 16.4. The smallest absolute Gasteiger partial charge is 0.267 e. The molecule has 3 aliphatic heterocycles. The molecule has 1 unspecified atom stereocenters. The summed E-state index contributed by atoms with van der Waals surface area (Å²) in [5.74, 6) is 3.96. The van der Waals surface area contributed by atoms with Gasteiger partial charge in [0, 0.05) is 29.0 Å². The van der Waals surface area contributed by atoms with E-state index in [4.69, 9.17) is 5.26 Å². The Kier molecular flexibility index (Phi) is 3.98. The first-order valence-electron chi connectivity index (χ1n) is 9.62. The molecule has 1 atom stereocenters. The van der Waals surface area contributed by atoms with Crippen LogP contribution in [0.2, 0.25) is 12.6 Å². The van der Waals surface area contributed by atoms with E-state index in [1.807, 2.05) is 18.7 Å². The summed E-state index contributed by atoms with van der Waals surface area (Å²) in [6.07, 6.45) is 8.82. The van der Waals surface area contributed by atoms with Gasteiger partial charge in [0.1, 0.15) is 5.82 Å². The van der Waals surface area contributed by atoms with E-state index in [1.54, 1.807) is 0 Å². The zero-order chi connectivity index (χ0) is 18.5. The molecule has 0 amide bonds. The number of nitrogens with one attached hydrogen (secondary N) is 2. The summed E-state index contributed by atoms with van der Waals surface area (Å²) in [6.45, 7) is 4.38. The first-order valence-corrected chi connectivity index (χ1v) is 10.5. The molecular formula is C20H22BN5S. The van der Waals surface area contributed by atoms with Gasteiger partial charge in [-0.05, 0) is 43.0 Å². The molecule has 1 aromatic heterocycles. The Bertz CT molecular complexity index is 1010. The lowest BCUT2D eigenvalue weighted by atomic mass is 9.41. The summed E-state index contributed by atoms with van der Waals surface area (Å²) in [5, 5.41) is 12.8. The Morgan fingerprint density at radius 1 is 1.26 bits per heavy atom. The maximum atomic E-state index is 9.09. The average molecular weight is 375 g/mol. The number of nitrogens with zero attached hydrogens (tertiary/aromatic N) is 3. The third kappa shape index (κ3) is 2.92. The highest BCUT2D eigenvalue weighted by atomic mass is 32.2. The maximum absolute atomic E-state index is 9.09. The van der Waals surface area contributed by atoms with Crippen LogP contribution in [0.5, 0.6) is 0 Å². The van der Waals surface area contributed by atoms with Gasteiger partial charge in [0.2, 0.25) is 0 Å². The normalized spacial score (nSPS) is 22.5. The van der Waals surface area contributed by atoms with Crippen molar-refractivity contribution >= 4 is 34.4 Å². The van der Waals surface area contributed by atoms with E-state index >= 15 is 0 Å². The first-order chi connectivity index (χ1) is 13.1. The van der Waals surface area contributed by atoms with Crippen LogP contribution in [0.15, 0.2) is 30.2 Å². The summed E-state index contributed by atoms with van der Waals surface area (Å²) in [4.78, 5) is 11.5. The molecule has 2 N–H and O–H groups in total. The summed E-state index contributed by atoms with van der Waals surface area (Å²) in [6, 6.07) is 4.44. The fourth-order valence-electron chi connectivity index (χ4n) is 4.42. The second kappa shape index (κ2) is 6.38. The van der Waals surface area contributed by atoms with Gasteiger partial charge in [-0.15, -0.1) is 0 Å². The monoisotopic (exact) mass is 375 g/mol. The zero-order valence-electron chi connectivity index (χ0n) is 15.6. The van der Waals surface area contributed by atoms with E-state index in [-0.39, 0.29) is 12.2 Å². The number of imidazole rings is 1. The van der Waals surface area contributed by atoms with E-state index in [0.29, 0.717) is 5.92 Å². The SMILES string of the molecule is Cc1nc2c(C)cc(C3=CN4C=C(C5CCB(C#N)CC5)NC4S3)cc2[nH]1. The van der Waals surface area contributed by atoms with E-state index in [1.165, 1.54) is 21.7 Å². The molecule has 5 nitrogen and oxygen atoms in total. The number of aryl methyl sites for hydroxylation is 2. The molecular weight excluding hydrogens is 353 g/mol. The summed E-state index contributed by atoms with van der Waals surface area (Å²) in [7, 11) is 0. The van der Waals surface area contributed by atoms with Crippen molar-refractivity contribution in [1.82, 2.24) is 20.2 Å². The fraction of sp³-hybridized carbons (Fsp3) is 0.400. The van der Waals surface area contributed by atoms with Crippen molar-refractivity contribution < 1.29 is 0 Å². The Balaban J connectivity index is 1.36. The van der Waals surface area contributed by atoms with Gasteiger partial charge in [0.05, 0.1) is 11.0 Å². The number of hydrogen-bond donors (Lipinski definition) is 2. The summed E-state index contributed by atoms with van der Waals surface area (Å²) >= 11 is 1.87. The minimum atomic E-state index is 0.253. The van der Waals surface area contributed by atoms with Gasteiger partial charge in [0.25, 0.3) is 6.71 Å². The molecule has 0 spiro atoms. The molecule has 4 heterocycles. The van der Waals surface area contributed by atoms with Crippen LogP contribution >= 0.6 is 11.8 Å². The van der Waals surface area contributed by atoms with E-state index in [9.17, 15) is 0 Å². The number of fused-ring (bicyclic) bond motifs is 2. The molecule has 1 saturated heterocycles. The summed E-state index contributed by atoms with van der Waals surface area (Å²) in [5.41, 5.74) is 6.22. The molecule has 3 aliphatic rings. The number of benzene rings is 1. The van der Waals surface area contributed by atoms with Crippen LogP contribution in [0.1, 0.15) is 29.8 Å². The molecule has 27 heavy (non-hydrogen) atoms. The van der Waals surface area contributed by atoms with Crippen LogP contribution in [0.4, 0.5) is 0 Å². The Hall–Kier alpha value is -2.33. The van der Waals surface area contributed by atoms with Crippen LogP contribution in [0, 0.1) is 31.0 Å².